The van der Waals surface area contributed by atoms with Gasteiger partial charge in [0.1, 0.15) is 0 Å². The number of nitrogens with zero attached hydrogens (tertiary/aromatic N) is 1. The topological polar surface area (TPSA) is 20.3 Å². The highest BCUT2D eigenvalue weighted by atomic mass is 35.5. The van der Waals surface area contributed by atoms with Crippen molar-refractivity contribution >= 4 is 17.5 Å². The van der Waals surface area contributed by atoms with Gasteiger partial charge in [0.15, 0.2) is 0 Å². The van der Waals surface area contributed by atoms with Gasteiger partial charge >= 0.3 is 0 Å². The van der Waals surface area contributed by atoms with Crippen molar-refractivity contribution in [1.29, 1.82) is 0 Å². The number of hydrogen-bond donors (Lipinski definition) is 0. The molecule has 0 spiro atoms. The average molecular weight is 288 g/mol. The lowest BCUT2D eigenvalue weighted by Gasteiger charge is -2.18. The summed E-state index contributed by atoms with van der Waals surface area (Å²) in [5.74, 6) is 0.0393. The quantitative estimate of drug-likeness (QED) is 0.827. The zero-order valence-corrected chi connectivity index (χ0v) is 12.7. The second-order valence-corrected chi connectivity index (χ2v) is 5.54. The summed E-state index contributed by atoms with van der Waals surface area (Å²) in [6, 6.07) is 13.5. The largest absolute Gasteiger partial charge is 0.337 e. The Morgan fingerprint density at radius 2 is 1.75 bits per heavy atom. The monoisotopic (exact) mass is 287 g/mol. The third kappa shape index (κ3) is 3.40. The first kappa shape index (κ1) is 14.6. The van der Waals surface area contributed by atoms with Crippen molar-refractivity contribution in [3.63, 3.8) is 0 Å². The van der Waals surface area contributed by atoms with Crippen LogP contribution >= 0.6 is 11.6 Å². The molecule has 1 amide bonds. The fourth-order valence-electron chi connectivity index (χ4n) is 2.19. The molecule has 0 aliphatic carbocycles. The van der Waals surface area contributed by atoms with Crippen molar-refractivity contribution in [3.8, 4) is 0 Å². The molecule has 20 heavy (non-hydrogen) atoms. The van der Waals surface area contributed by atoms with E-state index in [1.165, 1.54) is 5.56 Å². The average Bonchev–Trinajstić information content (AvgIpc) is 2.40. The molecule has 0 N–H and O–H groups in total. The van der Waals surface area contributed by atoms with E-state index >= 15 is 0 Å². The first-order chi connectivity index (χ1) is 9.47. The smallest absolute Gasteiger partial charge is 0.254 e. The standard InChI is InChI=1S/C17H18ClNO/c1-12-4-9-16(13(2)10-12)17(20)19(3)11-14-5-7-15(18)8-6-14/h4-10H,11H2,1-3H3. The minimum Gasteiger partial charge on any atom is -0.337 e. The van der Waals surface area contributed by atoms with Gasteiger partial charge < -0.3 is 4.90 Å². The maximum absolute atomic E-state index is 12.4. The molecule has 0 aliphatic heterocycles. The molecular weight excluding hydrogens is 270 g/mol. The van der Waals surface area contributed by atoms with E-state index in [0.717, 1.165) is 16.7 Å². The zero-order chi connectivity index (χ0) is 14.7. The van der Waals surface area contributed by atoms with Crippen molar-refractivity contribution < 1.29 is 4.79 Å². The Hall–Kier alpha value is -1.80. The summed E-state index contributed by atoms with van der Waals surface area (Å²) in [5, 5.41) is 0.706. The van der Waals surface area contributed by atoms with E-state index in [1.54, 1.807) is 4.90 Å². The maximum Gasteiger partial charge on any atom is 0.254 e. The van der Waals surface area contributed by atoms with Crippen LogP contribution in [-0.4, -0.2) is 17.9 Å². The molecule has 2 aromatic rings. The lowest BCUT2D eigenvalue weighted by atomic mass is 10.0. The fourth-order valence-corrected chi connectivity index (χ4v) is 2.32. The molecule has 0 atom stereocenters. The first-order valence-electron chi connectivity index (χ1n) is 6.54. The number of hydrogen-bond acceptors (Lipinski definition) is 1. The molecular formula is C17H18ClNO. The number of aryl methyl sites for hydroxylation is 2. The maximum atomic E-state index is 12.4. The third-order valence-corrected chi connectivity index (χ3v) is 3.54. The molecule has 0 bridgehead atoms. The van der Waals surface area contributed by atoms with Crippen LogP contribution in [0.25, 0.3) is 0 Å². The molecule has 2 aromatic carbocycles. The Labute approximate surface area is 125 Å². The molecule has 0 saturated heterocycles. The number of rotatable bonds is 3. The van der Waals surface area contributed by atoms with Gasteiger partial charge in [-0.05, 0) is 43.2 Å². The van der Waals surface area contributed by atoms with Crippen molar-refractivity contribution in [2.75, 3.05) is 7.05 Å². The van der Waals surface area contributed by atoms with Crippen LogP contribution in [-0.2, 0) is 6.54 Å². The van der Waals surface area contributed by atoms with Gasteiger partial charge in [-0.15, -0.1) is 0 Å². The molecule has 0 heterocycles. The number of halogens is 1. The predicted molar refractivity (Wildman–Crippen MR) is 83.2 cm³/mol. The Morgan fingerprint density at radius 3 is 2.35 bits per heavy atom. The molecule has 3 heteroatoms. The van der Waals surface area contributed by atoms with Crippen LogP contribution in [0.15, 0.2) is 42.5 Å². The lowest BCUT2D eigenvalue weighted by molar-refractivity contribution is 0.0784. The summed E-state index contributed by atoms with van der Waals surface area (Å²) >= 11 is 5.86. The number of benzene rings is 2. The van der Waals surface area contributed by atoms with Gasteiger partial charge in [0.05, 0.1) is 0 Å². The SMILES string of the molecule is Cc1ccc(C(=O)N(C)Cc2ccc(Cl)cc2)c(C)c1. The minimum atomic E-state index is 0.0393. The highest BCUT2D eigenvalue weighted by Crippen LogP contribution is 2.15. The van der Waals surface area contributed by atoms with Crippen molar-refractivity contribution in [2.45, 2.75) is 20.4 Å². The molecule has 2 nitrogen and oxygen atoms in total. The predicted octanol–water partition coefficient (Wildman–Crippen LogP) is 4.23. The highest BCUT2D eigenvalue weighted by Gasteiger charge is 2.14. The van der Waals surface area contributed by atoms with Gasteiger partial charge in [-0.1, -0.05) is 41.4 Å². The molecule has 0 aromatic heterocycles. The molecule has 2 rings (SSSR count). The third-order valence-electron chi connectivity index (χ3n) is 3.29. The van der Waals surface area contributed by atoms with E-state index in [4.69, 9.17) is 11.6 Å². The fraction of sp³-hybridized carbons (Fsp3) is 0.235. The first-order valence-corrected chi connectivity index (χ1v) is 6.92. The summed E-state index contributed by atoms with van der Waals surface area (Å²) in [5.41, 5.74) is 4.00. The Kier molecular flexibility index (Phi) is 4.46. The van der Waals surface area contributed by atoms with Crippen LogP contribution in [0.1, 0.15) is 27.0 Å². The van der Waals surface area contributed by atoms with E-state index in [1.807, 2.05) is 63.4 Å². The molecule has 0 fully saturated rings. The number of carbonyl (C=O) groups is 1. The summed E-state index contributed by atoms with van der Waals surface area (Å²) in [6.07, 6.45) is 0. The van der Waals surface area contributed by atoms with E-state index in [0.29, 0.717) is 11.6 Å². The van der Waals surface area contributed by atoms with Crippen molar-refractivity contribution in [2.24, 2.45) is 0 Å². The Bertz CT molecular complexity index is 619. The van der Waals surface area contributed by atoms with Gasteiger partial charge in [0.25, 0.3) is 5.91 Å². The summed E-state index contributed by atoms with van der Waals surface area (Å²) < 4.78 is 0. The van der Waals surface area contributed by atoms with Crippen LogP contribution in [0, 0.1) is 13.8 Å². The normalized spacial score (nSPS) is 10.4. The molecule has 0 saturated carbocycles. The second-order valence-electron chi connectivity index (χ2n) is 5.11. The van der Waals surface area contributed by atoms with Gasteiger partial charge in [0.2, 0.25) is 0 Å². The minimum absolute atomic E-state index is 0.0393. The summed E-state index contributed by atoms with van der Waals surface area (Å²) in [6.45, 7) is 4.57. The van der Waals surface area contributed by atoms with E-state index < -0.39 is 0 Å². The molecule has 0 unspecified atom stereocenters. The summed E-state index contributed by atoms with van der Waals surface area (Å²) in [4.78, 5) is 14.2. The van der Waals surface area contributed by atoms with Gasteiger partial charge in [0, 0.05) is 24.2 Å². The van der Waals surface area contributed by atoms with Gasteiger partial charge in [-0.25, -0.2) is 0 Å². The number of carbonyl (C=O) groups excluding carboxylic acids is 1. The molecule has 0 radical (unpaired) electrons. The van der Waals surface area contributed by atoms with Gasteiger partial charge in [-0.3, -0.25) is 4.79 Å². The second kappa shape index (κ2) is 6.10. The van der Waals surface area contributed by atoms with E-state index in [-0.39, 0.29) is 5.91 Å². The van der Waals surface area contributed by atoms with Gasteiger partial charge in [-0.2, -0.15) is 0 Å². The van der Waals surface area contributed by atoms with Crippen LogP contribution in [0.5, 0.6) is 0 Å². The van der Waals surface area contributed by atoms with Crippen molar-refractivity contribution in [3.05, 3.63) is 69.7 Å². The molecule has 0 aliphatic rings. The van der Waals surface area contributed by atoms with E-state index in [9.17, 15) is 4.79 Å². The number of amides is 1. The highest BCUT2D eigenvalue weighted by molar-refractivity contribution is 6.30. The van der Waals surface area contributed by atoms with Crippen LogP contribution in [0.2, 0.25) is 5.02 Å². The van der Waals surface area contributed by atoms with Crippen LogP contribution in [0.4, 0.5) is 0 Å². The molecule has 104 valence electrons. The van der Waals surface area contributed by atoms with Crippen molar-refractivity contribution in [1.82, 2.24) is 4.90 Å². The Balaban J connectivity index is 2.14. The zero-order valence-electron chi connectivity index (χ0n) is 12.0. The van der Waals surface area contributed by atoms with Crippen LogP contribution in [0.3, 0.4) is 0 Å². The lowest BCUT2D eigenvalue weighted by Crippen LogP contribution is -2.26. The van der Waals surface area contributed by atoms with E-state index in [2.05, 4.69) is 0 Å². The Morgan fingerprint density at radius 1 is 1.10 bits per heavy atom. The summed E-state index contributed by atoms with van der Waals surface area (Å²) in [7, 11) is 1.82. The van der Waals surface area contributed by atoms with Crippen LogP contribution < -0.4 is 0 Å².